The van der Waals surface area contributed by atoms with Crippen molar-refractivity contribution in [1.29, 1.82) is 0 Å². The van der Waals surface area contributed by atoms with Gasteiger partial charge in [0.1, 0.15) is 0 Å². The number of ether oxygens (including phenoxy) is 1. The van der Waals surface area contributed by atoms with Crippen LogP contribution < -0.4 is 0 Å². The van der Waals surface area contributed by atoms with Gasteiger partial charge in [-0.05, 0) is 17.0 Å². The first-order chi connectivity index (χ1) is 8.77. The van der Waals surface area contributed by atoms with E-state index < -0.39 is 0 Å². The highest BCUT2D eigenvalue weighted by molar-refractivity contribution is 5.18. The number of benzene rings is 2. The molecule has 2 rings (SSSR count). The minimum absolute atomic E-state index is 0.159. The molecule has 0 saturated heterocycles. The summed E-state index contributed by atoms with van der Waals surface area (Å²) in [4.78, 5) is 0. The summed E-state index contributed by atoms with van der Waals surface area (Å²) >= 11 is 0. The second-order valence-electron chi connectivity index (χ2n) is 4.87. The van der Waals surface area contributed by atoms with Gasteiger partial charge in [-0.3, -0.25) is 0 Å². The predicted molar refractivity (Wildman–Crippen MR) is 75.3 cm³/mol. The number of hydrogen-bond donors (Lipinski definition) is 0. The Kier molecular flexibility index (Phi) is 4.54. The Morgan fingerprint density at radius 1 is 0.833 bits per heavy atom. The van der Waals surface area contributed by atoms with Gasteiger partial charge in [-0.25, -0.2) is 0 Å². The Morgan fingerprint density at radius 2 is 1.39 bits per heavy atom. The maximum Gasteiger partial charge on any atom is 0.0852 e. The van der Waals surface area contributed by atoms with Crippen LogP contribution in [0.4, 0.5) is 0 Å². The van der Waals surface area contributed by atoms with Crippen LogP contribution in [-0.2, 0) is 11.3 Å². The molecule has 1 atom stereocenters. The van der Waals surface area contributed by atoms with Crippen LogP contribution in [0.1, 0.15) is 31.1 Å². The summed E-state index contributed by atoms with van der Waals surface area (Å²) in [5.74, 6) is 0.469. The van der Waals surface area contributed by atoms with Crippen LogP contribution in [0.2, 0.25) is 0 Å². The quantitative estimate of drug-likeness (QED) is 0.742. The van der Waals surface area contributed by atoms with Crippen molar-refractivity contribution in [2.75, 3.05) is 0 Å². The van der Waals surface area contributed by atoms with E-state index >= 15 is 0 Å². The second kappa shape index (κ2) is 6.36. The topological polar surface area (TPSA) is 9.23 Å². The molecule has 0 spiro atoms. The lowest BCUT2D eigenvalue weighted by Gasteiger charge is -2.22. The molecule has 0 amide bonds. The summed E-state index contributed by atoms with van der Waals surface area (Å²) in [6.45, 7) is 5.06. The lowest BCUT2D eigenvalue weighted by molar-refractivity contribution is 0.00900. The Balaban J connectivity index is 2.04. The van der Waals surface area contributed by atoms with Gasteiger partial charge in [-0.1, -0.05) is 74.5 Å². The molecule has 1 unspecified atom stereocenters. The van der Waals surface area contributed by atoms with E-state index in [1.54, 1.807) is 0 Å². The fourth-order valence-electron chi connectivity index (χ4n) is 2.08. The van der Waals surface area contributed by atoms with Crippen LogP contribution in [0.3, 0.4) is 0 Å². The molecule has 1 heteroatoms. The average molecular weight is 240 g/mol. The van der Waals surface area contributed by atoms with Gasteiger partial charge >= 0.3 is 0 Å². The molecule has 0 aliphatic heterocycles. The maximum atomic E-state index is 6.08. The van der Waals surface area contributed by atoms with Crippen LogP contribution in [0, 0.1) is 5.92 Å². The van der Waals surface area contributed by atoms with E-state index in [-0.39, 0.29) is 6.10 Å². The second-order valence-corrected chi connectivity index (χ2v) is 4.87. The highest BCUT2D eigenvalue weighted by Gasteiger charge is 2.15. The first-order valence-corrected chi connectivity index (χ1v) is 6.48. The molecule has 1 nitrogen and oxygen atoms in total. The highest BCUT2D eigenvalue weighted by Crippen LogP contribution is 2.26. The Bertz CT molecular complexity index is 448. The lowest BCUT2D eigenvalue weighted by atomic mass is 9.99. The molecule has 0 bridgehead atoms. The maximum absolute atomic E-state index is 6.08. The highest BCUT2D eigenvalue weighted by atomic mass is 16.5. The van der Waals surface area contributed by atoms with E-state index in [1.165, 1.54) is 11.1 Å². The molecule has 2 aromatic carbocycles. The van der Waals surface area contributed by atoms with Crippen LogP contribution in [-0.4, -0.2) is 0 Å². The summed E-state index contributed by atoms with van der Waals surface area (Å²) in [5, 5.41) is 0. The van der Waals surface area contributed by atoms with E-state index in [0.717, 1.165) is 0 Å². The minimum Gasteiger partial charge on any atom is -0.369 e. The van der Waals surface area contributed by atoms with Crippen molar-refractivity contribution in [3.8, 4) is 0 Å². The normalized spacial score (nSPS) is 12.6. The third-order valence-corrected chi connectivity index (χ3v) is 3.01. The van der Waals surface area contributed by atoms with Gasteiger partial charge in [0.05, 0.1) is 12.7 Å². The van der Waals surface area contributed by atoms with Gasteiger partial charge in [0.25, 0.3) is 0 Å². The van der Waals surface area contributed by atoms with Gasteiger partial charge in [-0.15, -0.1) is 0 Å². The third kappa shape index (κ3) is 3.44. The molecule has 0 aliphatic carbocycles. The van der Waals surface area contributed by atoms with E-state index in [0.29, 0.717) is 12.5 Å². The summed E-state index contributed by atoms with van der Waals surface area (Å²) in [5.41, 5.74) is 2.47. The molecule has 18 heavy (non-hydrogen) atoms. The molecule has 0 N–H and O–H groups in total. The van der Waals surface area contributed by atoms with Gasteiger partial charge in [0.15, 0.2) is 0 Å². The monoisotopic (exact) mass is 240 g/mol. The van der Waals surface area contributed by atoms with Crippen LogP contribution in [0.5, 0.6) is 0 Å². The van der Waals surface area contributed by atoms with Crippen molar-refractivity contribution in [2.45, 2.75) is 26.6 Å². The molecule has 94 valence electrons. The number of hydrogen-bond acceptors (Lipinski definition) is 1. The fraction of sp³-hybridized carbons (Fsp3) is 0.294. The molecular formula is C17H20O. The van der Waals surface area contributed by atoms with Gasteiger partial charge in [-0.2, -0.15) is 0 Å². The molecule has 0 heterocycles. The van der Waals surface area contributed by atoms with E-state index in [1.807, 2.05) is 24.3 Å². The first-order valence-electron chi connectivity index (χ1n) is 6.48. The molecule has 2 aromatic rings. The Labute approximate surface area is 109 Å². The third-order valence-electron chi connectivity index (χ3n) is 3.01. The smallest absolute Gasteiger partial charge is 0.0852 e. The van der Waals surface area contributed by atoms with E-state index in [4.69, 9.17) is 4.74 Å². The lowest BCUT2D eigenvalue weighted by Crippen LogP contribution is -2.11. The summed E-state index contributed by atoms with van der Waals surface area (Å²) in [6, 6.07) is 20.8. The van der Waals surface area contributed by atoms with E-state index in [2.05, 4.69) is 50.2 Å². The number of rotatable bonds is 5. The molecule has 0 radical (unpaired) electrons. The standard InChI is InChI=1S/C17H20O/c1-14(2)17(16-11-7-4-8-12-16)18-13-15-9-5-3-6-10-15/h3-12,14,17H,13H2,1-2H3. The van der Waals surface area contributed by atoms with Gasteiger partial charge in [0.2, 0.25) is 0 Å². The fourth-order valence-corrected chi connectivity index (χ4v) is 2.08. The first kappa shape index (κ1) is 12.8. The van der Waals surface area contributed by atoms with Crippen molar-refractivity contribution in [1.82, 2.24) is 0 Å². The average Bonchev–Trinajstić information content (AvgIpc) is 2.41. The van der Waals surface area contributed by atoms with Crippen LogP contribution >= 0.6 is 0 Å². The minimum atomic E-state index is 0.159. The predicted octanol–water partition coefficient (Wildman–Crippen LogP) is 4.60. The summed E-state index contributed by atoms with van der Waals surface area (Å²) < 4.78 is 6.08. The molecule has 0 aliphatic rings. The van der Waals surface area contributed by atoms with Gasteiger partial charge < -0.3 is 4.74 Å². The van der Waals surface area contributed by atoms with Crippen molar-refractivity contribution in [3.63, 3.8) is 0 Å². The molecular weight excluding hydrogens is 220 g/mol. The Hall–Kier alpha value is -1.60. The van der Waals surface area contributed by atoms with Crippen molar-refractivity contribution < 1.29 is 4.74 Å². The van der Waals surface area contributed by atoms with Gasteiger partial charge in [0, 0.05) is 0 Å². The summed E-state index contributed by atoms with van der Waals surface area (Å²) in [6.07, 6.45) is 0.159. The zero-order valence-corrected chi connectivity index (χ0v) is 11.0. The molecule has 0 aromatic heterocycles. The van der Waals surface area contributed by atoms with Crippen LogP contribution in [0.25, 0.3) is 0 Å². The summed E-state index contributed by atoms with van der Waals surface area (Å²) in [7, 11) is 0. The SMILES string of the molecule is CC(C)C(OCc1ccccc1)c1ccccc1. The zero-order chi connectivity index (χ0) is 12.8. The molecule has 0 saturated carbocycles. The van der Waals surface area contributed by atoms with E-state index in [9.17, 15) is 0 Å². The Morgan fingerprint density at radius 3 is 1.94 bits per heavy atom. The molecule has 0 fully saturated rings. The van der Waals surface area contributed by atoms with Crippen molar-refractivity contribution in [2.24, 2.45) is 5.92 Å². The van der Waals surface area contributed by atoms with Crippen molar-refractivity contribution >= 4 is 0 Å². The zero-order valence-electron chi connectivity index (χ0n) is 11.0. The van der Waals surface area contributed by atoms with Crippen molar-refractivity contribution in [3.05, 3.63) is 71.8 Å². The largest absolute Gasteiger partial charge is 0.369 e. The van der Waals surface area contributed by atoms with Crippen LogP contribution in [0.15, 0.2) is 60.7 Å².